The molecule has 0 atom stereocenters. The molecule has 0 heterocycles. The Labute approximate surface area is 183 Å². The summed E-state index contributed by atoms with van der Waals surface area (Å²) in [7, 11) is -3.57. The van der Waals surface area contributed by atoms with E-state index < -0.39 is 9.84 Å². The highest BCUT2D eigenvalue weighted by Crippen LogP contribution is 2.29. The molecule has 4 nitrogen and oxygen atoms in total. The molecule has 0 spiro atoms. The average molecular weight is 481 g/mol. The SMILES string of the molecule is O=S(=O)(c1ccc(Br)cc1)c1ccc(Oc2ccc(Oc3ccccc3)cc2)cc1. The number of para-hydroxylation sites is 1. The van der Waals surface area contributed by atoms with Gasteiger partial charge in [-0.3, -0.25) is 0 Å². The van der Waals surface area contributed by atoms with Gasteiger partial charge in [0.1, 0.15) is 23.0 Å². The fourth-order valence-electron chi connectivity index (χ4n) is 2.77. The Kier molecular flexibility index (Phi) is 5.88. The summed E-state index contributed by atoms with van der Waals surface area (Å²) in [6.07, 6.45) is 0. The fourth-order valence-corrected chi connectivity index (χ4v) is 4.30. The summed E-state index contributed by atoms with van der Waals surface area (Å²) < 4.78 is 37.9. The molecule has 150 valence electrons. The molecule has 4 aromatic carbocycles. The van der Waals surface area contributed by atoms with Crippen LogP contribution in [0.15, 0.2) is 117 Å². The lowest BCUT2D eigenvalue weighted by atomic mass is 10.3. The number of rotatable bonds is 6. The van der Waals surface area contributed by atoms with Crippen LogP contribution in [0.1, 0.15) is 0 Å². The van der Waals surface area contributed by atoms with Crippen LogP contribution in [0.25, 0.3) is 0 Å². The van der Waals surface area contributed by atoms with Gasteiger partial charge in [0.25, 0.3) is 0 Å². The molecule has 0 saturated heterocycles. The predicted octanol–water partition coefficient (Wildman–Crippen LogP) is 6.87. The van der Waals surface area contributed by atoms with Gasteiger partial charge in [-0.05, 0) is 84.9 Å². The molecule has 30 heavy (non-hydrogen) atoms. The molecular formula is C24H17BrO4S. The van der Waals surface area contributed by atoms with Crippen molar-refractivity contribution in [1.82, 2.24) is 0 Å². The van der Waals surface area contributed by atoms with Gasteiger partial charge in [-0.25, -0.2) is 8.42 Å². The second-order valence-electron chi connectivity index (χ2n) is 6.42. The van der Waals surface area contributed by atoms with Gasteiger partial charge in [0, 0.05) is 4.47 Å². The number of benzene rings is 4. The predicted molar refractivity (Wildman–Crippen MR) is 119 cm³/mol. The van der Waals surface area contributed by atoms with Crippen LogP contribution in [0.5, 0.6) is 23.0 Å². The lowest BCUT2D eigenvalue weighted by Crippen LogP contribution is -2.01. The van der Waals surface area contributed by atoms with Gasteiger partial charge in [0.15, 0.2) is 0 Å². The monoisotopic (exact) mass is 480 g/mol. The van der Waals surface area contributed by atoms with Gasteiger partial charge in [-0.15, -0.1) is 0 Å². The normalized spacial score (nSPS) is 11.1. The topological polar surface area (TPSA) is 52.6 Å². The molecular weight excluding hydrogens is 464 g/mol. The Balaban J connectivity index is 1.45. The quantitative estimate of drug-likeness (QED) is 0.302. The van der Waals surface area contributed by atoms with E-state index >= 15 is 0 Å². The van der Waals surface area contributed by atoms with Crippen LogP contribution in [0.4, 0.5) is 0 Å². The smallest absolute Gasteiger partial charge is 0.206 e. The highest BCUT2D eigenvalue weighted by atomic mass is 79.9. The van der Waals surface area contributed by atoms with Crippen molar-refractivity contribution in [3.8, 4) is 23.0 Å². The van der Waals surface area contributed by atoms with Gasteiger partial charge in [0.05, 0.1) is 9.79 Å². The van der Waals surface area contributed by atoms with Crippen molar-refractivity contribution in [1.29, 1.82) is 0 Å². The first-order valence-corrected chi connectivity index (χ1v) is 11.4. The zero-order chi connectivity index (χ0) is 21.0. The van der Waals surface area contributed by atoms with E-state index in [4.69, 9.17) is 9.47 Å². The molecule has 0 fully saturated rings. The second kappa shape index (κ2) is 8.73. The molecule has 0 N–H and O–H groups in total. The van der Waals surface area contributed by atoms with Crippen molar-refractivity contribution in [2.75, 3.05) is 0 Å². The molecule has 0 aliphatic heterocycles. The summed E-state index contributed by atoms with van der Waals surface area (Å²) in [5, 5.41) is 0. The molecule has 0 radical (unpaired) electrons. The zero-order valence-electron chi connectivity index (χ0n) is 15.7. The van der Waals surface area contributed by atoms with E-state index in [1.54, 1.807) is 60.7 Å². The zero-order valence-corrected chi connectivity index (χ0v) is 18.1. The molecule has 0 unspecified atom stereocenters. The molecule has 0 aliphatic carbocycles. The molecule has 0 saturated carbocycles. The van der Waals surface area contributed by atoms with Crippen molar-refractivity contribution < 1.29 is 17.9 Å². The lowest BCUT2D eigenvalue weighted by molar-refractivity contribution is 0.469. The van der Waals surface area contributed by atoms with Gasteiger partial charge in [0.2, 0.25) is 9.84 Å². The van der Waals surface area contributed by atoms with Crippen LogP contribution in [-0.4, -0.2) is 8.42 Å². The maximum Gasteiger partial charge on any atom is 0.206 e. The van der Waals surface area contributed by atoms with Crippen LogP contribution >= 0.6 is 15.9 Å². The average Bonchev–Trinajstić information content (AvgIpc) is 2.77. The molecule has 4 aromatic rings. The molecule has 0 bridgehead atoms. The van der Waals surface area contributed by atoms with Crippen LogP contribution in [0.2, 0.25) is 0 Å². The fraction of sp³-hybridized carbons (Fsp3) is 0. The van der Waals surface area contributed by atoms with Gasteiger partial charge >= 0.3 is 0 Å². The minimum absolute atomic E-state index is 0.212. The first kappa shape index (κ1) is 20.2. The molecule has 6 heteroatoms. The molecule has 0 aromatic heterocycles. The summed E-state index contributed by atoms with van der Waals surface area (Å²) in [5.41, 5.74) is 0. The lowest BCUT2D eigenvalue weighted by Gasteiger charge is -2.09. The first-order valence-electron chi connectivity index (χ1n) is 9.12. The minimum atomic E-state index is -3.57. The summed E-state index contributed by atoms with van der Waals surface area (Å²) in [6.45, 7) is 0. The van der Waals surface area contributed by atoms with Gasteiger partial charge < -0.3 is 9.47 Å². The number of sulfone groups is 1. The number of hydrogen-bond donors (Lipinski definition) is 0. The van der Waals surface area contributed by atoms with E-state index in [1.165, 1.54) is 0 Å². The van der Waals surface area contributed by atoms with Gasteiger partial charge in [-0.1, -0.05) is 34.1 Å². The van der Waals surface area contributed by atoms with E-state index in [1.807, 2.05) is 42.5 Å². The minimum Gasteiger partial charge on any atom is -0.457 e. The third kappa shape index (κ3) is 4.72. The summed E-state index contributed by atoms with van der Waals surface area (Å²) in [4.78, 5) is 0.456. The first-order chi connectivity index (χ1) is 14.5. The second-order valence-corrected chi connectivity index (χ2v) is 9.28. The maximum atomic E-state index is 12.7. The highest BCUT2D eigenvalue weighted by molar-refractivity contribution is 9.10. The van der Waals surface area contributed by atoms with E-state index in [-0.39, 0.29) is 9.79 Å². The van der Waals surface area contributed by atoms with Crippen LogP contribution in [0, 0.1) is 0 Å². The molecule has 0 aliphatic rings. The largest absolute Gasteiger partial charge is 0.457 e. The number of halogens is 1. The molecule has 4 rings (SSSR count). The number of hydrogen-bond acceptors (Lipinski definition) is 4. The highest BCUT2D eigenvalue weighted by Gasteiger charge is 2.17. The third-order valence-corrected chi connectivity index (χ3v) is 6.61. The van der Waals surface area contributed by atoms with Crippen LogP contribution in [-0.2, 0) is 9.84 Å². The third-order valence-electron chi connectivity index (χ3n) is 4.30. The Morgan fingerprint density at radius 3 is 1.33 bits per heavy atom. The summed E-state index contributed by atoms with van der Waals surface area (Å²) in [5.74, 6) is 2.62. The van der Waals surface area contributed by atoms with Crippen LogP contribution < -0.4 is 9.47 Å². The Morgan fingerprint density at radius 2 is 0.867 bits per heavy atom. The van der Waals surface area contributed by atoms with Crippen molar-refractivity contribution >= 4 is 25.8 Å². The summed E-state index contributed by atoms with van der Waals surface area (Å²) >= 11 is 3.31. The number of ether oxygens (including phenoxy) is 2. The van der Waals surface area contributed by atoms with Crippen LogP contribution in [0.3, 0.4) is 0 Å². The molecule has 0 amide bonds. The van der Waals surface area contributed by atoms with Gasteiger partial charge in [-0.2, -0.15) is 0 Å². The van der Waals surface area contributed by atoms with E-state index in [9.17, 15) is 8.42 Å². The summed E-state index contributed by atoms with van der Waals surface area (Å²) in [6, 6.07) is 29.7. The van der Waals surface area contributed by atoms with E-state index in [0.29, 0.717) is 17.2 Å². The maximum absolute atomic E-state index is 12.7. The van der Waals surface area contributed by atoms with Crippen molar-refractivity contribution in [3.63, 3.8) is 0 Å². The van der Waals surface area contributed by atoms with E-state index in [0.717, 1.165) is 10.2 Å². The van der Waals surface area contributed by atoms with Crippen molar-refractivity contribution in [2.24, 2.45) is 0 Å². The van der Waals surface area contributed by atoms with Crippen molar-refractivity contribution in [3.05, 3.63) is 108 Å². The Bertz CT molecular complexity index is 1220. The Hall–Kier alpha value is -3.09. The standard InChI is InChI=1S/C24H17BrO4S/c25-18-6-14-23(15-7-18)30(26,27)24-16-12-22(13-17-24)29-21-10-8-20(9-11-21)28-19-4-2-1-3-5-19/h1-17H. The van der Waals surface area contributed by atoms with Crippen molar-refractivity contribution in [2.45, 2.75) is 9.79 Å². The Morgan fingerprint density at radius 1 is 0.500 bits per heavy atom. The van der Waals surface area contributed by atoms with E-state index in [2.05, 4.69) is 15.9 Å².